The summed E-state index contributed by atoms with van der Waals surface area (Å²) in [6.07, 6.45) is 2.83. The minimum absolute atomic E-state index is 0.407. The Morgan fingerprint density at radius 1 is 1.39 bits per heavy atom. The summed E-state index contributed by atoms with van der Waals surface area (Å²) < 4.78 is 0. The normalized spacial score (nSPS) is 10.8. The van der Waals surface area contributed by atoms with E-state index in [0.29, 0.717) is 0 Å². The molecule has 0 saturated carbocycles. The maximum absolute atomic E-state index is 11.0. The number of hydrogen-bond acceptors (Lipinski definition) is 3. The zero-order valence-corrected chi connectivity index (χ0v) is 11.7. The van der Waals surface area contributed by atoms with Crippen LogP contribution in [0, 0.1) is 13.8 Å². The van der Waals surface area contributed by atoms with Crippen molar-refractivity contribution >= 4 is 13.3 Å². The molecule has 0 bridgehead atoms. The van der Waals surface area contributed by atoms with E-state index in [-0.39, 0.29) is 0 Å². The lowest BCUT2D eigenvalue weighted by molar-refractivity contribution is 0.112. The summed E-state index contributed by atoms with van der Waals surface area (Å²) in [5, 5.41) is 9.36. The van der Waals surface area contributed by atoms with E-state index in [1.54, 1.807) is 6.82 Å². The Bertz CT molecular complexity index is 419. The first-order valence-electron chi connectivity index (χ1n) is 6.39. The monoisotopic (exact) mass is 247 g/mol. The van der Waals surface area contributed by atoms with E-state index in [1.165, 1.54) is 11.1 Å². The third kappa shape index (κ3) is 3.96. The molecule has 0 aliphatic rings. The molecular formula is C14H22BNO2. The van der Waals surface area contributed by atoms with Crippen molar-refractivity contribution in [2.75, 3.05) is 13.6 Å². The molecule has 18 heavy (non-hydrogen) atoms. The van der Waals surface area contributed by atoms with Gasteiger partial charge in [-0.1, -0.05) is 6.07 Å². The van der Waals surface area contributed by atoms with Gasteiger partial charge in [0, 0.05) is 5.56 Å². The molecule has 0 unspecified atom stereocenters. The standard InChI is InChI=1S/C14H22BNO2/c1-11-8-13(9-14(10-17)12(11)2)6-5-7-16(4)15(3)18/h8-10,18H,5-7H2,1-4H3. The van der Waals surface area contributed by atoms with E-state index in [1.807, 2.05) is 31.8 Å². The maximum Gasteiger partial charge on any atom is 0.376 e. The fourth-order valence-electron chi connectivity index (χ4n) is 1.95. The van der Waals surface area contributed by atoms with Gasteiger partial charge in [0.25, 0.3) is 0 Å². The Kier molecular flexibility index (Phi) is 5.57. The fraction of sp³-hybridized carbons (Fsp3) is 0.500. The first-order chi connectivity index (χ1) is 8.45. The van der Waals surface area contributed by atoms with Crippen molar-refractivity contribution in [2.24, 2.45) is 0 Å². The predicted molar refractivity (Wildman–Crippen MR) is 76.1 cm³/mol. The smallest absolute Gasteiger partial charge is 0.376 e. The summed E-state index contributed by atoms with van der Waals surface area (Å²) in [6.45, 7) is 6.62. The van der Waals surface area contributed by atoms with Gasteiger partial charge in [0.2, 0.25) is 0 Å². The van der Waals surface area contributed by atoms with Crippen LogP contribution in [0.4, 0.5) is 0 Å². The number of aryl methyl sites for hydroxylation is 2. The third-order valence-electron chi connectivity index (χ3n) is 3.51. The number of nitrogens with zero attached hydrogens (tertiary/aromatic N) is 1. The van der Waals surface area contributed by atoms with Crippen molar-refractivity contribution < 1.29 is 9.82 Å². The van der Waals surface area contributed by atoms with Gasteiger partial charge in [-0.05, 0) is 69.9 Å². The highest BCUT2D eigenvalue weighted by atomic mass is 16.2. The third-order valence-corrected chi connectivity index (χ3v) is 3.51. The first kappa shape index (κ1) is 14.9. The van der Waals surface area contributed by atoms with E-state index in [4.69, 9.17) is 0 Å². The van der Waals surface area contributed by atoms with Crippen LogP contribution in [0.3, 0.4) is 0 Å². The Labute approximate surface area is 110 Å². The Hall–Kier alpha value is -1.13. The van der Waals surface area contributed by atoms with E-state index in [2.05, 4.69) is 6.07 Å². The number of rotatable bonds is 6. The second-order valence-electron chi connectivity index (χ2n) is 4.96. The number of carbonyl (C=O) groups excluding carboxylic acids is 1. The molecule has 0 amide bonds. The number of benzene rings is 1. The quantitative estimate of drug-likeness (QED) is 0.618. The second-order valence-corrected chi connectivity index (χ2v) is 4.96. The zero-order valence-electron chi connectivity index (χ0n) is 11.7. The van der Waals surface area contributed by atoms with Gasteiger partial charge in [-0.2, -0.15) is 0 Å². The van der Waals surface area contributed by atoms with E-state index in [9.17, 15) is 9.82 Å². The summed E-state index contributed by atoms with van der Waals surface area (Å²) in [6, 6.07) is 4.11. The van der Waals surface area contributed by atoms with Gasteiger partial charge in [0.1, 0.15) is 6.29 Å². The summed E-state index contributed by atoms with van der Waals surface area (Å²) in [5.74, 6) is 0. The number of aldehydes is 1. The molecule has 0 aromatic heterocycles. The minimum atomic E-state index is -0.407. The lowest BCUT2D eigenvalue weighted by Gasteiger charge is -2.17. The Balaban J connectivity index is 2.63. The molecule has 1 aromatic carbocycles. The van der Waals surface area contributed by atoms with Crippen molar-refractivity contribution in [1.29, 1.82) is 0 Å². The molecule has 0 aliphatic carbocycles. The molecule has 0 aliphatic heterocycles. The van der Waals surface area contributed by atoms with Crippen molar-refractivity contribution in [3.8, 4) is 0 Å². The molecule has 0 radical (unpaired) electrons. The van der Waals surface area contributed by atoms with Crippen LogP contribution in [-0.2, 0) is 6.42 Å². The van der Waals surface area contributed by atoms with E-state index in [0.717, 1.165) is 36.8 Å². The number of carbonyl (C=O) groups is 1. The van der Waals surface area contributed by atoms with Crippen LogP contribution >= 0.6 is 0 Å². The Morgan fingerprint density at radius 2 is 2.06 bits per heavy atom. The van der Waals surface area contributed by atoms with Gasteiger partial charge in [0.15, 0.2) is 0 Å². The van der Waals surface area contributed by atoms with Gasteiger partial charge in [-0.15, -0.1) is 0 Å². The molecule has 0 fully saturated rings. The average Bonchev–Trinajstić information content (AvgIpc) is 2.33. The number of hydrogen-bond donors (Lipinski definition) is 1. The van der Waals surface area contributed by atoms with E-state index < -0.39 is 7.05 Å². The van der Waals surface area contributed by atoms with Crippen molar-refractivity contribution in [2.45, 2.75) is 33.5 Å². The molecule has 1 aromatic rings. The van der Waals surface area contributed by atoms with Crippen molar-refractivity contribution in [3.05, 3.63) is 34.4 Å². The van der Waals surface area contributed by atoms with Crippen LogP contribution in [0.1, 0.15) is 33.5 Å². The van der Waals surface area contributed by atoms with Crippen molar-refractivity contribution in [3.63, 3.8) is 0 Å². The summed E-state index contributed by atoms with van der Waals surface area (Å²) in [4.78, 5) is 12.9. The SMILES string of the molecule is CB(O)N(C)CCCc1cc(C)c(C)c(C=O)c1. The fourth-order valence-corrected chi connectivity index (χ4v) is 1.95. The molecule has 0 spiro atoms. The molecule has 0 saturated heterocycles. The van der Waals surface area contributed by atoms with Gasteiger partial charge < -0.3 is 9.83 Å². The van der Waals surface area contributed by atoms with Crippen molar-refractivity contribution in [1.82, 2.24) is 4.81 Å². The van der Waals surface area contributed by atoms with Crippen LogP contribution in [0.25, 0.3) is 0 Å². The largest absolute Gasteiger partial charge is 0.437 e. The van der Waals surface area contributed by atoms with Crippen LogP contribution < -0.4 is 0 Å². The van der Waals surface area contributed by atoms with E-state index >= 15 is 0 Å². The Morgan fingerprint density at radius 3 is 2.61 bits per heavy atom. The summed E-state index contributed by atoms with van der Waals surface area (Å²) >= 11 is 0. The van der Waals surface area contributed by atoms with Crippen LogP contribution in [0.5, 0.6) is 0 Å². The second kappa shape index (κ2) is 6.71. The molecular weight excluding hydrogens is 225 g/mol. The zero-order chi connectivity index (χ0) is 13.7. The molecule has 0 heterocycles. The van der Waals surface area contributed by atoms with Gasteiger partial charge in [0.05, 0.1) is 0 Å². The van der Waals surface area contributed by atoms with Gasteiger partial charge >= 0.3 is 7.05 Å². The molecule has 1 N–H and O–H groups in total. The molecule has 3 nitrogen and oxygen atoms in total. The highest BCUT2D eigenvalue weighted by Crippen LogP contribution is 2.16. The minimum Gasteiger partial charge on any atom is -0.437 e. The predicted octanol–water partition coefficient (Wildman–Crippen LogP) is 2.09. The lowest BCUT2D eigenvalue weighted by Crippen LogP contribution is -2.34. The highest BCUT2D eigenvalue weighted by molar-refractivity contribution is 6.45. The van der Waals surface area contributed by atoms with Crippen LogP contribution in [-0.4, -0.2) is 36.8 Å². The van der Waals surface area contributed by atoms with Crippen LogP contribution in [0.2, 0.25) is 6.82 Å². The average molecular weight is 247 g/mol. The maximum atomic E-state index is 11.0. The van der Waals surface area contributed by atoms with Gasteiger partial charge in [-0.25, -0.2) is 0 Å². The molecule has 1 rings (SSSR count). The van der Waals surface area contributed by atoms with Crippen LogP contribution in [0.15, 0.2) is 12.1 Å². The first-order valence-corrected chi connectivity index (χ1v) is 6.39. The molecule has 0 atom stereocenters. The summed E-state index contributed by atoms with van der Waals surface area (Å²) in [7, 11) is 1.50. The van der Waals surface area contributed by atoms with Gasteiger partial charge in [-0.3, -0.25) is 4.79 Å². The molecule has 98 valence electrons. The highest BCUT2D eigenvalue weighted by Gasteiger charge is 2.10. The topological polar surface area (TPSA) is 40.5 Å². The summed E-state index contributed by atoms with van der Waals surface area (Å²) in [5.41, 5.74) is 4.21. The lowest BCUT2D eigenvalue weighted by atomic mass is 9.85. The molecule has 4 heteroatoms.